The fourth-order valence-electron chi connectivity index (χ4n) is 2.49. The molecule has 0 amide bonds. The standard InChI is InChI=1S/C17H14ClNO/c1-11-3-4-16(18)14(8-11)15-9-13-7-12(2)5-6-19(13)17(15)10-20/h3-10H,1-2H3. The number of carbonyl (C=O) groups is 1. The highest BCUT2D eigenvalue weighted by molar-refractivity contribution is 6.33. The van der Waals surface area contributed by atoms with E-state index in [1.807, 2.05) is 54.8 Å². The topological polar surface area (TPSA) is 21.5 Å². The zero-order valence-corrected chi connectivity index (χ0v) is 12.1. The van der Waals surface area contributed by atoms with Crippen LogP contribution in [0, 0.1) is 13.8 Å². The van der Waals surface area contributed by atoms with Crippen molar-refractivity contribution in [2.75, 3.05) is 0 Å². The second-order valence-corrected chi connectivity index (χ2v) is 5.45. The summed E-state index contributed by atoms with van der Waals surface area (Å²) >= 11 is 6.29. The number of aldehydes is 1. The maximum Gasteiger partial charge on any atom is 0.167 e. The van der Waals surface area contributed by atoms with Crippen molar-refractivity contribution in [2.24, 2.45) is 0 Å². The van der Waals surface area contributed by atoms with Gasteiger partial charge in [0.25, 0.3) is 0 Å². The van der Waals surface area contributed by atoms with Crippen LogP contribution in [0.15, 0.2) is 42.6 Å². The highest BCUT2D eigenvalue weighted by Gasteiger charge is 2.14. The van der Waals surface area contributed by atoms with Crippen molar-refractivity contribution in [1.82, 2.24) is 4.40 Å². The van der Waals surface area contributed by atoms with Crippen LogP contribution in [0.2, 0.25) is 5.02 Å². The number of hydrogen-bond acceptors (Lipinski definition) is 1. The number of hydrogen-bond donors (Lipinski definition) is 0. The average molecular weight is 284 g/mol. The van der Waals surface area contributed by atoms with Gasteiger partial charge in [0.2, 0.25) is 0 Å². The number of fused-ring (bicyclic) bond motifs is 1. The zero-order chi connectivity index (χ0) is 14.3. The minimum atomic E-state index is 0.632. The van der Waals surface area contributed by atoms with Crippen molar-refractivity contribution >= 4 is 23.4 Å². The predicted octanol–water partition coefficient (Wildman–Crippen LogP) is 4.69. The summed E-state index contributed by atoms with van der Waals surface area (Å²) in [5.74, 6) is 0. The summed E-state index contributed by atoms with van der Waals surface area (Å²) in [7, 11) is 0. The molecule has 2 nitrogen and oxygen atoms in total. The first kappa shape index (κ1) is 12.9. The number of halogens is 1. The minimum Gasteiger partial charge on any atom is -0.314 e. The van der Waals surface area contributed by atoms with Crippen LogP contribution in [-0.2, 0) is 0 Å². The summed E-state index contributed by atoms with van der Waals surface area (Å²) in [6, 6.07) is 11.9. The van der Waals surface area contributed by atoms with E-state index in [0.29, 0.717) is 10.7 Å². The summed E-state index contributed by atoms with van der Waals surface area (Å²) in [5, 5.41) is 0.659. The lowest BCUT2D eigenvalue weighted by Gasteiger charge is -2.05. The van der Waals surface area contributed by atoms with Crippen LogP contribution in [0.25, 0.3) is 16.6 Å². The number of aromatic nitrogens is 1. The Kier molecular flexibility index (Phi) is 3.11. The van der Waals surface area contributed by atoms with Gasteiger partial charge < -0.3 is 4.40 Å². The maximum atomic E-state index is 11.5. The molecule has 3 rings (SSSR count). The van der Waals surface area contributed by atoms with Gasteiger partial charge in [-0.15, -0.1) is 0 Å². The Hall–Kier alpha value is -2.06. The molecular formula is C17H14ClNO. The third-order valence-corrected chi connectivity index (χ3v) is 3.82. The third-order valence-electron chi connectivity index (χ3n) is 3.49. The van der Waals surface area contributed by atoms with E-state index in [4.69, 9.17) is 11.6 Å². The van der Waals surface area contributed by atoms with Gasteiger partial charge in [0.05, 0.1) is 5.69 Å². The SMILES string of the molecule is Cc1ccc(Cl)c(-c2cc3cc(C)ccn3c2C=O)c1. The van der Waals surface area contributed by atoms with Crippen molar-refractivity contribution in [3.8, 4) is 11.1 Å². The fourth-order valence-corrected chi connectivity index (χ4v) is 2.71. The average Bonchev–Trinajstić information content (AvgIpc) is 2.78. The number of pyridine rings is 1. The molecule has 100 valence electrons. The Morgan fingerprint density at radius 3 is 2.50 bits per heavy atom. The van der Waals surface area contributed by atoms with E-state index in [1.165, 1.54) is 0 Å². The van der Waals surface area contributed by atoms with E-state index in [9.17, 15) is 4.79 Å². The van der Waals surface area contributed by atoms with Crippen LogP contribution < -0.4 is 0 Å². The van der Waals surface area contributed by atoms with Crippen LogP contribution in [0.4, 0.5) is 0 Å². The van der Waals surface area contributed by atoms with E-state index < -0.39 is 0 Å². The van der Waals surface area contributed by atoms with Gasteiger partial charge in [0.1, 0.15) is 0 Å². The van der Waals surface area contributed by atoms with Crippen molar-refractivity contribution in [2.45, 2.75) is 13.8 Å². The van der Waals surface area contributed by atoms with Gasteiger partial charge in [-0.25, -0.2) is 0 Å². The Morgan fingerprint density at radius 1 is 1.00 bits per heavy atom. The highest BCUT2D eigenvalue weighted by atomic mass is 35.5. The summed E-state index contributed by atoms with van der Waals surface area (Å²) in [6.45, 7) is 4.05. The highest BCUT2D eigenvalue weighted by Crippen LogP contribution is 2.33. The van der Waals surface area contributed by atoms with Gasteiger partial charge in [-0.05, 0) is 49.7 Å². The van der Waals surface area contributed by atoms with Gasteiger partial charge in [-0.1, -0.05) is 23.2 Å². The van der Waals surface area contributed by atoms with Gasteiger partial charge in [-0.2, -0.15) is 0 Å². The molecule has 0 aliphatic carbocycles. The summed E-state index contributed by atoms with van der Waals surface area (Å²) in [4.78, 5) is 11.5. The van der Waals surface area contributed by atoms with E-state index in [0.717, 1.165) is 34.1 Å². The molecule has 0 N–H and O–H groups in total. The van der Waals surface area contributed by atoms with E-state index in [-0.39, 0.29) is 0 Å². The van der Waals surface area contributed by atoms with Crippen LogP contribution in [0.1, 0.15) is 21.6 Å². The Labute approximate surface area is 122 Å². The molecular weight excluding hydrogens is 270 g/mol. The molecule has 0 saturated heterocycles. The molecule has 3 aromatic rings. The van der Waals surface area contributed by atoms with Gasteiger partial charge in [0.15, 0.2) is 6.29 Å². The molecule has 20 heavy (non-hydrogen) atoms. The van der Waals surface area contributed by atoms with Crippen molar-refractivity contribution < 1.29 is 4.79 Å². The summed E-state index contributed by atoms with van der Waals surface area (Å²) < 4.78 is 1.90. The minimum absolute atomic E-state index is 0.632. The molecule has 3 heteroatoms. The first-order valence-electron chi connectivity index (χ1n) is 6.43. The number of aryl methyl sites for hydroxylation is 2. The zero-order valence-electron chi connectivity index (χ0n) is 11.4. The Bertz CT molecular complexity index is 817. The molecule has 0 unspecified atom stereocenters. The van der Waals surface area contributed by atoms with Crippen molar-refractivity contribution in [1.29, 1.82) is 0 Å². The second kappa shape index (κ2) is 4.80. The largest absolute Gasteiger partial charge is 0.314 e. The Balaban J connectivity index is 2.35. The number of carbonyl (C=O) groups excluding carboxylic acids is 1. The molecule has 0 fully saturated rings. The Morgan fingerprint density at radius 2 is 1.75 bits per heavy atom. The third kappa shape index (κ3) is 2.02. The molecule has 0 bridgehead atoms. The van der Waals surface area contributed by atoms with Gasteiger partial charge in [0, 0.05) is 27.9 Å². The van der Waals surface area contributed by atoms with Crippen LogP contribution >= 0.6 is 11.6 Å². The molecule has 1 aromatic carbocycles. The lowest BCUT2D eigenvalue weighted by atomic mass is 10.0. The van der Waals surface area contributed by atoms with Crippen molar-refractivity contribution in [3.05, 3.63) is 64.4 Å². The van der Waals surface area contributed by atoms with E-state index >= 15 is 0 Å². The lowest BCUT2D eigenvalue weighted by Crippen LogP contribution is -1.93. The number of benzene rings is 1. The predicted molar refractivity (Wildman–Crippen MR) is 82.7 cm³/mol. The quantitative estimate of drug-likeness (QED) is 0.625. The molecule has 0 saturated carbocycles. The number of nitrogens with zero attached hydrogens (tertiary/aromatic N) is 1. The maximum absolute atomic E-state index is 11.5. The van der Waals surface area contributed by atoms with Crippen LogP contribution in [0.5, 0.6) is 0 Å². The monoisotopic (exact) mass is 283 g/mol. The van der Waals surface area contributed by atoms with Crippen LogP contribution in [-0.4, -0.2) is 10.7 Å². The van der Waals surface area contributed by atoms with E-state index in [2.05, 4.69) is 6.07 Å². The fraction of sp³-hybridized carbons (Fsp3) is 0.118. The molecule has 0 aliphatic rings. The van der Waals surface area contributed by atoms with Crippen LogP contribution in [0.3, 0.4) is 0 Å². The lowest BCUT2D eigenvalue weighted by molar-refractivity contribution is 0.111. The number of rotatable bonds is 2. The molecule has 2 aromatic heterocycles. The molecule has 0 radical (unpaired) electrons. The summed E-state index contributed by atoms with van der Waals surface area (Å²) in [6.07, 6.45) is 2.80. The molecule has 0 spiro atoms. The molecule has 0 aliphatic heterocycles. The van der Waals surface area contributed by atoms with Crippen molar-refractivity contribution in [3.63, 3.8) is 0 Å². The first-order chi connectivity index (χ1) is 9.60. The van der Waals surface area contributed by atoms with Gasteiger partial charge in [-0.3, -0.25) is 4.79 Å². The first-order valence-corrected chi connectivity index (χ1v) is 6.81. The van der Waals surface area contributed by atoms with E-state index in [1.54, 1.807) is 0 Å². The smallest absolute Gasteiger partial charge is 0.167 e. The molecule has 0 atom stereocenters. The summed E-state index contributed by atoms with van der Waals surface area (Å²) in [5.41, 5.74) is 5.68. The van der Waals surface area contributed by atoms with Gasteiger partial charge >= 0.3 is 0 Å². The second-order valence-electron chi connectivity index (χ2n) is 5.04. The molecule has 2 heterocycles. The normalized spacial score (nSPS) is 10.9.